The number of alkyl halides is 3. The highest BCUT2D eigenvalue weighted by atomic mass is 19.4. The lowest BCUT2D eigenvalue weighted by molar-refractivity contribution is -0.144. The van der Waals surface area contributed by atoms with Gasteiger partial charge >= 0.3 is 12.1 Å². The number of carboxylic acids is 1. The molecule has 1 N–H and O–H groups in total. The molecular weight excluding hydrogens is 239 g/mol. The molecule has 1 aromatic heterocycles. The minimum Gasteiger partial charge on any atom is -0.476 e. The predicted octanol–water partition coefficient (Wildman–Crippen LogP) is 2.19. The first kappa shape index (κ1) is 13.5. The van der Waals surface area contributed by atoms with Crippen LogP contribution in [0.1, 0.15) is 42.4 Å². The van der Waals surface area contributed by atoms with E-state index >= 15 is 0 Å². The van der Waals surface area contributed by atoms with E-state index in [9.17, 15) is 18.0 Å². The van der Waals surface area contributed by atoms with Crippen LogP contribution < -0.4 is 0 Å². The lowest BCUT2D eigenvalue weighted by atomic mass is 10.2. The van der Waals surface area contributed by atoms with Gasteiger partial charge < -0.3 is 5.11 Å². The van der Waals surface area contributed by atoms with Gasteiger partial charge in [-0.05, 0) is 6.42 Å². The lowest BCUT2D eigenvalue weighted by Crippen LogP contribution is -2.18. The number of halogens is 3. The number of aromatic nitrogens is 3. The highest BCUT2D eigenvalue weighted by Gasteiger charge is 2.41. The van der Waals surface area contributed by atoms with Crippen molar-refractivity contribution in [3.8, 4) is 0 Å². The van der Waals surface area contributed by atoms with E-state index in [2.05, 4.69) is 10.3 Å². The fourth-order valence-electron chi connectivity index (χ4n) is 1.41. The summed E-state index contributed by atoms with van der Waals surface area (Å²) in [4.78, 5) is 10.6. The smallest absolute Gasteiger partial charge is 0.435 e. The number of nitrogens with zero attached hydrogens (tertiary/aromatic N) is 3. The van der Waals surface area contributed by atoms with Gasteiger partial charge in [0, 0.05) is 6.54 Å². The molecule has 0 fully saturated rings. The van der Waals surface area contributed by atoms with Crippen molar-refractivity contribution in [2.24, 2.45) is 0 Å². The number of hydrogen-bond acceptors (Lipinski definition) is 3. The van der Waals surface area contributed by atoms with Gasteiger partial charge in [-0.3, -0.25) is 0 Å². The van der Waals surface area contributed by atoms with E-state index in [1.54, 1.807) is 0 Å². The van der Waals surface area contributed by atoms with E-state index in [4.69, 9.17) is 5.11 Å². The van der Waals surface area contributed by atoms with E-state index in [0.717, 1.165) is 12.8 Å². The second-order valence-electron chi connectivity index (χ2n) is 3.52. The quantitative estimate of drug-likeness (QED) is 0.814. The van der Waals surface area contributed by atoms with Crippen LogP contribution in [0.5, 0.6) is 0 Å². The van der Waals surface area contributed by atoms with Crippen molar-refractivity contribution in [2.75, 3.05) is 0 Å². The first-order valence-electron chi connectivity index (χ1n) is 5.12. The maximum atomic E-state index is 12.6. The molecule has 0 aliphatic carbocycles. The van der Waals surface area contributed by atoms with Gasteiger partial charge in [0.25, 0.3) is 0 Å². The fourth-order valence-corrected chi connectivity index (χ4v) is 1.41. The van der Waals surface area contributed by atoms with Crippen molar-refractivity contribution in [1.29, 1.82) is 0 Å². The Bertz CT molecular complexity index is 401. The van der Waals surface area contributed by atoms with Crippen LogP contribution >= 0.6 is 0 Å². The molecule has 8 heteroatoms. The SMILES string of the molecule is CCCCCn1nnc(C(=O)O)c1C(F)(F)F. The lowest BCUT2D eigenvalue weighted by Gasteiger charge is -2.09. The molecule has 1 rings (SSSR count). The molecule has 1 aromatic rings. The van der Waals surface area contributed by atoms with Crippen molar-refractivity contribution in [3.63, 3.8) is 0 Å². The molecule has 17 heavy (non-hydrogen) atoms. The number of aromatic carboxylic acids is 1. The van der Waals surface area contributed by atoms with Crippen molar-refractivity contribution in [3.05, 3.63) is 11.4 Å². The number of hydrogen-bond donors (Lipinski definition) is 1. The third-order valence-corrected chi connectivity index (χ3v) is 2.18. The molecule has 0 spiro atoms. The van der Waals surface area contributed by atoms with Crippen LogP contribution in [-0.4, -0.2) is 26.1 Å². The molecule has 0 saturated carbocycles. The van der Waals surface area contributed by atoms with E-state index in [1.807, 2.05) is 6.92 Å². The number of aryl methyl sites for hydroxylation is 1. The molecule has 0 saturated heterocycles. The molecule has 0 radical (unpaired) electrons. The topological polar surface area (TPSA) is 68.0 Å². The molecule has 0 bridgehead atoms. The van der Waals surface area contributed by atoms with Gasteiger partial charge in [-0.2, -0.15) is 13.2 Å². The maximum Gasteiger partial charge on any atom is 0.435 e. The summed E-state index contributed by atoms with van der Waals surface area (Å²) in [6.45, 7) is 1.93. The maximum absolute atomic E-state index is 12.6. The van der Waals surface area contributed by atoms with Crippen LogP contribution in [0.3, 0.4) is 0 Å². The number of carbonyl (C=O) groups is 1. The largest absolute Gasteiger partial charge is 0.476 e. The summed E-state index contributed by atoms with van der Waals surface area (Å²) in [6.07, 6.45) is -2.66. The van der Waals surface area contributed by atoms with Crippen LogP contribution in [-0.2, 0) is 12.7 Å². The zero-order valence-corrected chi connectivity index (χ0v) is 9.16. The van der Waals surface area contributed by atoms with Crippen LogP contribution in [0, 0.1) is 0 Å². The van der Waals surface area contributed by atoms with Crippen LogP contribution in [0.15, 0.2) is 0 Å². The van der Waals surface area contributed by atoms with E-state index in [0.29, 0.717) is 11.1 Å². The van der Waals surface area contributed by atoms with Crippen molar-refractivity contribution in [2.45, 2.75) is 38.9 Å². The Morgan fingerprint density at radius 1 is 1.41 bits per heavy atom. The second kappa shape index (κ2) is 5.15. The van der Waals surface area contributed by atoms with E-state index in [1.165, 1.54) is 0 Å². The van der Waals surface area contributed by atoms with E-state index < -0.39 is 23.5 Å². The molecule has 1 heterocycles. The third-order valence-electron chi connectivity index (χ3n) is 2.18. The molecule has 0 aromatic carbocycles. The summed E-state index contributed by atoms with van der Waals surface area (Å²) in [5.74, 6) is -1.72. The molecule has 96 valence electrons. The summed E-state index contributed by atoms with van der Waals surface area (Å²) in [5.41, 5.74) is -2.34. The fraction of sp³-hybridized carbons (Fsp3) is 0.667. The number of carboxylic acid groups (broad SMARTS) is 1. The van der Waals surface area contributed by atoms with E-state index in [-0.39, 0.29) is 6.54 Å². The van der Waals surface area contributed by atoms with Crippen LogP contribution in [0.2, 0.25) is 0 Å². The zero-order valence-electron chi connectivity index (χ0n) is 9.16. The molecule has 0 atom stereocenters. The highest BCUT2D eigenvalue weighted by Crippen LogP contribution is 2.31. The normalized spacial score (nSPS) is 11.8. The zero-order chi connectivity index (χ0) is 13.1. The first-order chi connectivity index (χ1) is 7.88. The molecule has 0 aliphatic heterocycles. The first-order valence-corrected chi connectivity index (χ1v) is 5.12. The molecule has 0 amide bonds. The predicted molar refractivity (Wildman–Crippen MR) is 51.5 cm³/mol. The van der Waals surface area contributed by atoms with Crippen LogP contribution in [0.25, 0.3) is 0 Å². The summed E-state index contributed by atoms with van der Waals surface area (Å²) in [5, 5.41) is 14.9. The van der Waals surface area contributed by atoms with Crippen molar-refractivity contribution < 1.29 is 23.1 Å². The second-order valence-corrected chi connectivity index (χ2v) is 3.52. The summed E-state index contributed by atoms with van der Waals surface area (Å²) >= 11 is 0. The van der Waals surface area contributed by atoms with Crippen molar-refractivity contribution >= 4 is 5.97 Å². The highest BCUT2D eigenvalue weighted by molar-refractivity contribution is 5.86. The van der Waals surface area contributed by atoms with Gasteiger partial charge in [-0.1, -0.05) is 25.0 Å². The Morgan fingerprint density at radius 2 is 2.06 bits per heavy atom. The van der Waals surface area contributed by atoms with Crippen molar-refractivity contribution in [1.82, 2.24) is 15.0 Å². The van der Waals surface area contributed by atoms with Crippen LogP contribution in [0.4, 0.5) is 13.2 Å². The average molecular weight is 251 g/mol. The number of unbranched alkanes of at least 4 members (excludes halogenated alkanes) is 2. The van der Waals surface area contributed by atoms with Gasteiger partial charge in [0.1, 0.15) is 0 Å². The van der Waals surface area contributed by atoms with Gasteiger partial charge in [0.15, 0.2) is 5.69 Å². The Hall–Kier alpha value is -1.60. The average Bonchev–Trinajstić information content (AvgIpc) is 2.61. The number of rotatable bonds is 5. The van der Waals surface area contributed by atoms with Gasteiger partial charge in [-0.25, -0.2) is 9.48 Å². The van der Waals surface area contributed by atoms with Gasteiger partial charge in [0.2, 0.25) is 5.69 Å². The minimum absolute atomic E-state index is 0.0168. The van der Waals surface area contributed by atoms with Gasteiger partial charge in [-0.15, -0.1) is 5.10 Å². The Kier molecular flexibility index (Phi) is 4.08. The molecule has 5 nitrogen and oxygen atoms in total. The molecule has 0 aliphatic rings. The standard InChI is InChI=1S/C9H12F3N3O2/c1-2-3-4-5-15-7(9(10,11)12)6(8(16)17)13-14-15/h2-5H2,1H3,(H,16,17). The van der Waals surface area contributed by atoms with Gasteiger partial charge in [0.05, 0.1) is 0 Å². The monoisotopic (exact) mass is 251 g/mol. The Morgan fingerprint density at radius 3 is 2.53 bits per heavy atom. The minimum atomic E-state index is -4.76. The Labute approximate surface area is 95.2 Å². The summed E-state index contributed by atoms with van der Waals surface area (Å²) < 4.78 is 38.6. The molecule has 0 unspecified atom stereocenters. The third kappa shape index (κ3) is 3.18. The summed E-state index contributed by atoms with van der Waals surface area (Å²) in [7, 11) is 0. The Balaban J connectivity index is 3.01. The summed E-state index contributed by atoms with van der Waals surface area (Å²) in [6, 6.07) is 0. The molecular formula is C9H12F3N3O2.